The van der Waals surface area contributed by atoms with Gasteiger partial charge in [-0.3, -0.25) is 0 Å². The molecule has 0 aliphatic heterocycles. The molecule has 0 spiro atoms. The molecule has 0 atom stereocenters. The van der Waals surface area contributed by atoms with Crippen molar-refractivity contribution in [2.45, 2.75) is 24.8 Å². The van der Waals surface area contributed by atoms with E-state index in [0.29, 0.717) is 6.07 Å². The molecule has 1 rings (SSSR count). The van der Waals surface area contributed by atoms with E-state index in [4.69, 9.17) is 5.14 Å². The van der Waals surface area contributed by atoms with Crippen LogP contribution in [0.2, 0.25) is 0 Å². The average molecular weight is 264 g/mol. The van der Waals surface area contributed by atoms with Crippen molar-refractivity contribution in [2.24, 2.45) is 5.14 Å². The first kappa shape index (κ1) is 13.9. The third-order valence-electron chi connectivity index (χ3n) is 2.43. The lowest BCUT2D eigenvalue weighted by Gasteiger charge is -2.25. The van der Waals surface area contributed by atoms with Gasteiger partial charge in [0.25, 0.3) is 0 Å². The van der Waals surface area contributed by atoms with Crippen LogP contribution in [0.25, 0.3) is 0 Å². The molecule has 0 bridgehead atoms. The minimum absolute atomic E-state index is 0.0833. The molecule has 96 valence electrons. The van der Waals surface area contributed by atoms with Gasteiger partial charge in [0, 0.05) is 19.2 Å². The zero-order valence-corrected chi connectivity index (χ0v) is 10.6. The van der Waals surface area contributed by atoms with Gasteiger partial charge in [-0.05, 0) is 19.9 Å². The number of benzene rings is 1. The molecule has 2 N–H and O–H groups in total. The summed E-state index contributed by atoms with van der Waals surface area (Å²) in [6.07, 6.45) is 0. The van der Waals surface area contributed by atoms with Crippen molar-refractivity contribution in [3.63, 3.8) is 0 Å². The molecule has 0 unspecified atom stereocenters. The molecule has 4 nitrogen and oxygen atoms in total. The van der Waals surface area contributed by atoms with Crippen LogP contribution in [0.3, 0.4) is 0 Å². The van der Waals surface area contributed by atoms with Gasteiger partial charge in [-0.25, -0.2) is 22.3 Å². The number of hydrogen-bond acceptors (Lipinski definition) is 3. The maximum Gasteiger partial charge on any atom is 0.243 e. The summed E-state index contributed by atoms with van der Waals surface area (Å²) in [6, 6.07) is 1.32. The quantitative estimate of drug-likeness (QED) is 0.899. The van der Waals surface area contributed by atoms with Crippen molar-refractivity contribution < 1.29 is 17.2 Å². The Balaban J connectivity index is 3.58. The number of nitrogens with two attached hydrogens (primary N) is 1. The maximum absolute atomic E-state index is 13.5. The second-order valence-electron chi connectivity index (χ2n) is 3.99. The van der Waals surface area contributed by atoms with Gasteiger partial charge in [-0.1, -0.05) is 0 Å². The van der Waals surface area contributed by atoms with Gasteiger partial charge in [-0.2, -0.15) is 0 Å². The number of hydrogen-bond donors (Lipinski definition) is 1. The SMILES string of the molecule is CC(C)N(C)c1cc(F)cc(F)c1S(N)(=O)=O. The highest BCUT2D eigenvalue weighted by atomic mass is 32.2. The molecule has 0 aliphatic rings. The molecule has 0 saturated carbocycles. The zero-order valence-electron chi connectivity index (χ0n) is 9.74. The Bertz CT molecular complexity index is 529. The minimum Gasteiger partial charge on any atom is -0.371 e. The van der Waals surface area contributed by atoms with E-state index >= 15 is 0 Å². The molecule has 1 aromatic carbocycles. The first-order valence-electron chi connectivity index (χ1n) is 4.89. The number of rotatable bonds is 3. The Morgan fingerprint density at radius 3 is 2.24 bits per heavy atom. The van der Waals surface area contributed by atoms with E-state index in [1.165, 1.54) is 11.9 Å². The third kappa shape index (κ3) is 2.92. The van der Waals surface area contributed by atoms with Crippen LogP contribution >= 0.6 is 0 Å². The van der Waals surface area contributed by atoms with E-state index in [9.17, 15) is 17.2 Å². The zero-order chi connectivity index (χ0) is 13.4. The molecule has 0 heterocycles. The Morgan fingerprint density at radius 1 is 1.29 bits per heavy atom. The maximum atomic E-state index is 13.5. The number of nitrogens with zero attached hydrogens (tertiary/aromatic N) is 1. The van der Waals surface area contributed by atoms with Crippen LogP contribution in [0.1, 0.15) is 13.8 Å². The lowest BCUT2D eigenvalue weighted by Crippen LogP contribution is -2.29. The topological polar surface area (TPSA) is 63.4 Å². The smallest absolute Gasteiger partial charge is 0.243 e. The lowest BCUT2D eigenvalue weighted by molar-refractivity contribution is 0.547. The summed E-state index contributed by atoms with van der Waals surface area (Å²) in [6.45, 7) is 3.52. The molecular formula is C10H14F2N2O2S. The Labute approximate surface area is 99.1 Å². The molecule has 17 heavy (non-hydrogen) atoms. The summed E-state index contributed by atoms with van der Waals surface area (Å²) in [7, 11) is -2.71. The van der Waals surface area contributed by atoms with Crippen LogP contribution < -0.4 is 10.0 Å². The normalized spacial score (nSPS) is 11.9. The van der Waals surface area contributed by atoms with Gasteiger partial charge < -0.3 is 4.90 Å². The second-order valence-corrected chi connectivity index (χ2v) is 5.48. The number of halogens is 2. The van der Waals surface area contributed by atoms with Crippen molar-refractivity contribution in [1.82, 2.24) is 0 Å². The van der Waals surface area contributed by atoms with Crippen molar-refractivity contribution in [3.8, 4) is 0 Å². The van der Waals surface area contributed by atoms with Crippen molar-refractivity contribution in [2.75, 3.05) is 11.9 Å². The van der Waals surface area contributed by atoms with E-state index in [0.717, 1.165) is 6.07 Å². The van der Waals surface area contributed by atoms with Gasteiger partial charge in [0.15, 0.2) is 0 Å². The van der Waals surface area contributed by atoms with E-state index in [-0.39, 0.29) is 11.7 Å². The van der Waals surface area contributed by atoms with E-state index in [1.54, 1.807) is 13.8 Å². The number of sulfonamides is 1. The first-order chi connectivity index (χ1) is 7.64. The molecule has 0 saturated heterocycles. The molecule has 7 heteroatoms. The highest BCUT2D eigenvalue weighted by molar-refractivity contribution is 7.89. The predicted octanol–water partition coefficient (Wildman–Crippen LogP) is 1.46. The van der Waals surface area contributed by atoms with Crippen molar-refractivity contribution in [1.29, 1.82) is 0 Å². The monoisotopic (exact) mass is 264 g/mol. The van der Waals surface area contributed by atoms with E-state index in [2.05, 4.69) is 0 Å². The van der Waals surface area contributed by atoms with Crippen molar-refractivity contribution >= 4 is 15.7 Å². The Hall–Kier alpha value is -1.21. The van der Waals surface area contributed by atoms with E-state index < -0.39 is 26.6 Å². The first-order valence-corrected chi connectivity index (χ1v) is 6.44. The number of anilines is 1. The Kier molecular flexibility index (Phi) is 3.73. The van der Waals surface area contributed by atoms with Crippen molar-refractivity contribution in [3.05, 3.63) is 23.8 Å². The third-order valence-corrected chi connectivity index (χ3v) is 3.40. The van der Waals surface area contributed by atoms with Crippen LogP contribution in [0.4, 0.5) is 14.5 Å². The fraction of sp³-hybridized carbons (Fsp3) is 0.400. The summed E-state index contributed by atoms with van der Waals surface area (Å²) >= 11 is 0. The Morgan fingerprint density at radius 2 is 1.82 bits per heavy atom. The number of primary sulfonamides is 1. The average Bonchev–Trinajstić information content (AvgIpc) is 2.12. The lowest BCUT2D eigenvalue weighted by atomic mass is 10.2. The largest absolute Gasteiger partial charge is 0.371 e. The highest BCUT2D eigenvalue weighted by Gasteiger charge is 2.24. The van der Waals surface area contributed by atoms with Gasteiger partial charge in [0.1, 0.15) is 16.5 Å². The highest BCUT2D eigenvalue weighted by Crippen LogP contribution is 2.28. The minimum atomic E-state index is -4.24. The summed E-state index contributed by atoms with van der Waals surface area (Å²) in [5, 5.41) is 4.93. The molecular weight excluding hydrogens is 250 g/mol. The summed E-state index contributed by atoms with van der Waals surface area (Å²) < 4.78 is 49.2. The fourth-order valence-electron chi connectivity index (χ4n) is 1.37. The van der Waals surface area contributed by atoms with Gasteiger partial charge in [0.05, 0.1) is 5.69 Å². The van der Waals surface area contributed by atoms with Crippen LogP contribution in [-0.2, 0) is 10.0 Å². The molecule has 0 fully saturated rings. The van der Waals surface area contributed by atoms with Crippen LogP contribution in [-0.4, -0.2) is 21.5 Å². The van der Waals surface area contributed by atoms with Crippen LogP contribution in [0.15, 0.2) is 17.0 Å². The predicted molar refractivity (Wildman–Crippen MR) is 61.3 cm³/mol. The van der Waals surface area contributed by atoms with Gasteiger partial charge in [-0.15, -0.1) is 0 Å². The fourth-order valence-corrected chi connectivity index (χ4v) is 2.19. The summed E-state index contributed by atoms with van der Waals surface area (Å²) in [5.41, 5.74) is -0.0833. The summed E-state index contributed by atoms with van der Waals surface area (Å²) in [4.78, 5) is 0.751. The molecule has 0 radical (unpaired) electrons. The second kappa shape index (κ2) is 4.58. The molecule has 0 aliphatic carbocycles. The molecule has 0 amide bonds. The summed E-state index contributed by atoms with van der Waals surface area (Å²) in [5.74, 6) is -2.03. The standard InChI is InChI=1S/C10H14F2N2O2S/c1-6(2)14(3)9-5-7(11)4-8(12)10(9)17(13,15)16/h4-6H,1-3H3,(H2,13,15,16). The molecule has 0 aromatic heterocycles. The van der Waals surface area contributed by atoms with Gasteiger partial charge >= 0.3 is 0 Å². The molecule has 1 aromatic rings. The van der Waals surface area contributed by atoms with Crippen LogP contribution in [0, 0.1) is 11.6 Å². The van der Waals surface area contributed by atoms with Crippen LogP contribution in [0.5, 0.6) is 0 Å². The van der Waals surface area contributed by atoms with E-state index in [1.807, 2.05) is 0 Å². The van der Waals surface area contributed by atoms with Gasteiger partial charge in [0.2, 0.25) is 10.0 Å².